The summed E-state index contributed by atoms with van der Waals surface area (Å²) in [6.07, 6.45) is 0.860. The summed E-state index contributed by atoms with van der Waals surface area (Å²) in [6.45, 7) is 5.57. The van der Waals surface area contributed by atoms with Crippen molar-refractivity contribution in [1.29, 1.82) is 0 Å². The number of amides is 1. The Labute approximate surface area is 151 Å². The number of benzene rings is 1. The lowest BCUT2D eigenvalue weighted by atomic mass is 10.1. The van der Waals surface area contributed by atoms with Crippen molar-refractivity contribution in [2.45, 2.75) is 33.7 Å². The lowest BCUT2D eigenvalue weighted by Gasteiger charge is -2.05. The number of ketones is 1. The van der Waals surface area contributed by atoms with Crippen LogP contribution in [0, 0.1) is 6.92 Å². The van der Waals surface area contributed by atoms with Crippen LogP contribution in [-0.2, 0) is 22.5 Å². The van der Waals surface area contributed by atoms with E-state index in [1.54, 1.807) is 24.3 Å². The van der Waals surface area contributed by atoms with E-state index in [9.17, 15) is 14.4 Å². The molecule has 0 atom stereocenters. The Balaban J connectivity index is 1.90. The average Bonchev–Trinajstić information content (AvgIpc) is 2.99. The maximum Gasteiger partial charge on any atom is 0.348 e. The minimum absolute atomic E-state index is 0.109. The fraction of sp³-hybridized carbons (Fsp3) is 0.316. The van der Waals surface area contributed by atoms with Gasteiger partial charge in [0.2, 0.25) is 5.91 Å². The number of nitrogens with one attached hydrogen (secondary N) is 1. The highest BCUT2D eigenvalue weighted by Crippen LogP contribution is 2.22. The van der Waals surface area contributed by atoms with Crippen molar-refractivity contribution in [2.24, 2.45) is 0 Å². The third kappa shape index (κ3) is 5.26. The minimum Gasteiger partial charge on any atom is -0.453 e. The highest BCUT2D eigenvalue weighted by Gasteiger charge is 2.15. The Kier molecular flexibility index (Phi) is 6.47. The second-order valence-corrected chi connectivity index (χ2v) is 6.91. The van der Waals surface area contributed by atoms with Gasteiger partial charge in [-0.2, -0.15) is 0 Å². The van der Waals surface area contributed by atoms with Crippen molar-refractivity contribution in [3.63, 3.8) is 0 Å². The molecule has 132 valence electrons. The van der Waals surface area contributed by atoms with Gasteiger partial charge in [-0.25, -0.2) is 4.79 Å². The van der Waals surface area contributed by atoms with Crippen molar-refractivity contribution < 1.29 is 19.1 Å². The summed E-state index contributed by atoms with van der Waals surface area (Å²) in [6, 6.07) is 8.68. The van der Waals surface area contributed by atoms with Gasteiger partial charge in [-0.3, -0.25) is 9.59 Å². The Morgan fingerprint density at radius 3 is 2.40 bits per heavy atom. The number of rotatable bonds is 7. The molecule has 1 aromatic heterocycles. The van der Waals surface area contributed by atoms with Crippen LogP contribution in [0.1, 0.15) is 49.9 Å². The van der Waals surface area contributed by atoms with Gasteiger partial charge in [-0.15, -0.1) is 11.3 Å². The Morgan fingerprint density at radius 1 is 1.16 bits per heavy atom. The molecule has 6 heteroatoms. The molecule has 0 spiro atoms. The molecule has 0 bridgehead atoms. The molecule has 0 saturated heterocycles. The van der Waals surface area contributed by atoms with Crippen LogP contribution in [-0.4, -0.2) is 24.3 Å². The molecule has 2 rings (SSSR count). The van der Waals surface area contributed by atoms with Crippen molar-refractivity contribution >= 4 is 29.0 Å². The molecular formula is C19H21NO4S. The fourth-order valence-corrected chi connectivity index (χ4v) is 3.30. The zero-order valence-electron chi connectivity index (χ0n) is 14.5. The average molecular weight is 359 g/mol. The normalized spacial score (nSPS) is 10.4. The Hall–Kier alpha value is -2.47. The monoisotopic (exact) mass is 359 g/mol. The van der Waals surface area contributed by atoms with E-state index in [0.29, 0.717) is 17.0 Å². The van der Waals surface area contributed by atoms with Gasteiger partial charge in [0.1, 0.15) is 4.88 Å². The molecule has 0 aliphatic heterocycles. The number of hydrogen-bond acceptors (Lipinski definition) is 5. The number of thiophene rings is 1. The molecule has 0 saturated carbocycles. The zero-order valence-corrected chi connectivity index (χ0v) is 15.4. The third-order valence-corrected chi connectivity index (χ3v) is 4.83. The molecule has 0 aliphatic carbocycles. The first kappa shape index (κ1) is 18.9. The number of carbonyl (C=O) groups is 3. The second kappa shape index (κ2) is 8.58. The first-order valence-electron chi connectivity index (χ1n) is 8.03. The molecule has 0 fully saturated rings. The number of Topliss-reactive ketones (excluding diaryl/α,β-unsaturated/α-hetero) is 1. The standard InChI is InChI=1S/C19H21NO4S/c1-4-15-9-18(25-12(15)2)19(23)24-11-17(22)16-7-5-14(6-8-16)10-20-13(3)21/h5-9H,4,10-11H2,1-3H3,(H,20,21). The number of esters is 1. The Morgan fingerprint density at radius 2 is 1.84 bits per heavy atom. The van der Waals surface area contributed by atoms with Gasteiger partial charge in [-0.05, 0) is 30.5 Å². The smallest absolute Gasteiger partial charge is 0.348 e. The van der Waals surface area contributed by atoms with Gasteiger partial charge in [0.15, 0.2) is 12.4 Å². The summed E-state index contributed by atoms with van der Waals surface area (Å²) in [5.74, 6) is -0.839. The lowest BCUT2D eigenvalue weighted by molar-refractivity contribution is -0.119. The summed E-state index contributed by atoms with van der Waals surface area (Å²) in [4.78, 5) is 36.7. The van der Waals surface area contributed by atoms with Gasteiger partial charge in [0.05, 0.1) is 0 Å². The van der Waals surface area contributed by atoms with Crippen molar-refractivity contribution in [3.8, 4) is 0 Å². The quantitative estimate of drug-likeness (QED) is 0.608. The number of aryl methyl sites for hydroxylation is 2. The van der Waals surface area contributed by atoms with E-state index < -0.39 is 5.97 Å². The maximum absolute atomic E-state index is 12.1. The van der Waals surface area contributed by atoms with Crippen LogP contribution in [0.3, 0.4) is 0 Å². The van der Waals surface area contributed by atoms with E-state index in [0.717, 1.165) is 22.4 Å². The zero-order chi connectivity index (χ0) is 18.4. The molecule has 25 heavy (non-hydrogen) atoms. The minimum atomic E-state index is -0.469. The highest BCUT2D eigenvalue weighted by atomic mass is 32.1. The predicted octanol–water partition coefficient (Wildman–Crippen LogP) is 3.29. The molecule has 1 aromatic carbocycles. The SMILES string of the molecule is CCc1cc(C(=O)OCC(=O)c2ccc(CNC(C)=O)cc2)sc1C. The molecule has 1 amide bonds. The molecule has 0 unspecified atom stereocenters. The predicted molar refractivity (Wildman–Crippen MR) is 97.0 cm³/mol. The maximum atomic E-state index is 12.1. The summed E-state index contributed by atoms with van der Waals surface area (Å²) < 4.78 is 5.13. The topological polar surface area (TPSA) is 72.5 Å². The van der Waals surface area contributed by atoms with Gasteiger partial charge in [-0.1, -0.05) is 31.2 Å². The Bertz CT molecular complexity index is 777. The van der Waals surface area contributed by atoms with Crippen molar-refractivity contribution in [1.82, 2.24) is 5.32 Å². The second-order valence-electron chi connectivity index (χ2n) is 5.65. The summed E-state index contributed by atoms with van der Waals surface area (Å²) in [5.41, 5.74) is 2.49. The van der Waals surface area contributed by atoms with Crippen molar-refractivity contribution in [3.05, 3.63) is 56.8 Å². The number of carbonyl (C=O) groups excluding carboxylic acids is 3. The van der Waals surface area contributed by atoms with E-state index in [4.69, 9.17) is 4.74 Å². The van der Waals surface area contributed by atoms with Gasteiger partial charge >= 0.3 is 5.97 Å². The van der Waals surface area contributed by atoms with Crippen LogP contribution in [0.25, 0.3) is 0 Å². The summed E-state index contributed by atoms with van der Waals surface area (Å²) in [5, 5.41) is 2.69. The molecule has 0 radical (unpaired) electrons. The lowest BCUT2D eigenvalue weighted by Crippen LogP contribution is -2.19. The first-order valence-corrected chi connectivity index (χ1v) is 8.85. The van der Waals surface area contributed by atoms with E-state index in [1.165, 1.54) is 18.3 Å². The van der Waals surface area contributed by atoms with Gasteiger partial charge in [0, 0.05) is 23.9 Å². The molecule has 1 N–H and O–H groups in total. The number of hydrogen-bond donors (Lipinski definition) is 1. The van der Waals surface area contributed by atoms with Crippen LogP contribution in [0.2, 0.25) is 0 Å². The van der Waals surface area contributed by atoms with Gasteiger partial charge < -0.3 is 10.1 Å². The van der Waals surface area contributed by atoms with E-state index in [2.05, 4.69) is 5.32 Å². The summed E-state index contributed by atoms with van der Waals surface area (Å²) >= 11 is 1.38. The molecule has 1 heterocycles. The molecule has 2 aromatic rings. The van der Waals surface area contributed by atoms with E-state index in [1.807, 2.05) is 19.9 Å². The third-order valence-electron chi connectivity index (χ3n) is 3.75. The van der Waals surface area contributed by atoms with Crippen LogP contribution in [0.5, 0.6) is 0 Å². The van der Waals surface area contributed by atoms with Crippen LogP contribution >= 0.6 is 11.3 Å². The largest absolute Gasteiger partial charge is 0.453 e. The highest BCUT2D eigenvalue weighted by molar-refractivity contribution is 7.14. The molecule has 5 nitrogen and oxygen atoms in total. The summed E-state index contributed by atoms with van der Waals surface area (Å²) in [7, 11) is 0. The van der Waals surface area contributed by atoms with Crippen LogP contribution in [0.15, 0.2) is 30.3 Å². The van der Waals surface area contributed by atoms with E-state index >= 15 is 0 Å². The van der Waals surface area contributed by atoms with Crippen LogP contribution < -0.4 is 5.32 Å². The van der Waals surface area contributed by atoms with Gasteiger partial charge in [0.25, 0.3) is 0 Å². The van der Waals surface area contributed by atoms with Crippen LogP contribution in [0.4, 0.5) is 0 Å². The fourth-order valence-electron chi connectivity index (χ4n) is 2.29. The van der Waals surface area contributed by atoms with E-state index in [-0.39, 0.29) is 18.3 Å². The number of ether oxygens (including phenoxy) is 1. The molecule has 0 aliphatic rings. The molecular weight excluding hydrogens is 338 g/mol. The van der Waals surface area contributed by atoms with Crippen molar-refractivity contribution in [2.75, 3.05) is 6.61 Å². The first-order chi connectivity index (χ1) is 11.9.